The molecule has 1 aliphatic rings. The van der Waals surface area contributed by atoms with E-state index in [9.17, 15) is 4.39 Å². The van der Waals surface area contributed by atoms with Crippen LogP contribution < -0.4 is 10.5 Å². The van der Waals surface area contributed by atoms with Crippen molar-refractivity contribution in [1.29, 1.82) is 0 Å². The van der Waals surface area contributed by atoms with Crippen LogP contribution >= 0.6 is 0 Å². The third-order valence-corrected chi connectivity index (χ3v) is 3.47. The van der Waals surface area contributed by atoms with Gasteiger partial charge >= 0.3 is 0 Å². The first-order valence-electron chi connectivity index (χ1n) is 6.47. The molecule has 0 saturated heterocycles. The van der Waals surface area contributed by atoms with Crippen molar-refractivity contribution in [1.82, 2.24) is 0 Å². The van der Waals surface area contributed by atoms with Crippen molar-refractivity contribution in [3.63, 3.8) is 0 Å². The van der Waals surface area contributed by atoms with Crippen molar-refractivity contribution >= 4 is 0 Å². The Kier molecular flexibility index (Phi) is 4.37. The van der Waals surface area contributed by atoms with Gasteiger partial charge in [0, 0.05) is 17.7 Å². The summed E-state index contributed by atoms with van der Waals surface area (Å²) in [5, 5.41) is 0. The molecule has 2 rings (SSSR count). The van der Waals surface area contributed by atoms with Gasteiger partial charge in [-0.3, -0.25) is 0 Å². The Labute approximate surface area is 108 Å². The van der Waals surface area contributed by atoms with E-state index in [0.717, 1.165) is 19.3 Å². The standard InChI is InChI=1S/C15H20FNO/c1-18-12-7-8-13(14(16)10-12)15(17)9-11-5-3-2-4-6-11/h5,7-8,10,15H,2-4,6,9,17H2,1H3. The summed E-state index contributed by atoms with van der Waals surface area (Å²) in [6.45, 7) is 0. The van der Waals surface area contributed by atoms with E-state index in [4.69, 9.17) is 10.5 Å². The minimum absolute atomic E-state index is 0.264. The Balaban J connectivity index is 2.08. The number of allylic oxidation sites excluding steroid dienone is 1. The molecule has 1 aromatic carbocycles. The first-order valence-corrected chi connectivity index (χ1v) is 6.47. The summed E-state index contributed by atoms with van der Waals surface area (Å²) in [6, 6.07) is 4.61. The summed E-state index contributed by atoms with van der Waals surface area (Å²) in [7, 11) is 1.53. The second-order valence-corrected chi connectivity index (χ2v) is 4.81. The Morgan fingerprint density at radius 1 is 1.39 bits per heavy atom. The van der Waals surface area contributed by atoms with E-state index < -0.39 is 0 Å². The van der Waals surface area contributed by atoms with Crippen LogP contribution in [0.15, 0.2) is 29.8 Å². The molecule has 3 heteroatoms. The number of benzene rings is 1. The van der Waals surface area contributed by atoms with Gasteiger partial charge in [-0.25, -0.2) is 4.39 Å². The molecule has 2 nitrogen and oxygen atoms in total. The van der Waals surface area contributed by atoms with Gasteiger partial charge in [0.1, 0.15) is 11.6 Å². The zero-order valence-corrected chi connectivity index (χ0v) is 10.8. The lowest BCUT2D eigenvalue weighted by Crippen LogP contribution is -2.13. The molecule has 98 valence electrons. The highest BCUT2D eigenvalue weighted by molar-refractivity contribution is 5.31. The minimum atomic E-state index is -0.279. The molecule has 0 amide bonds. The fraction of sp³-hybridized carbons (Fsp3) is 0.467. The average Bonchev–Trinajstić information content (AvgIpc) is 2.39. The monoisotopic (exact) mass is 249 g/mol. The number of methoxy groups -OCH3 is 1. The fourth-order valence-electron chi connectivity index (χ4n) is 2.42. The Morgan fingerprint density at radius 2 is 2.22 bits per heavy atom. The smallest absolute Gasteiger partial charge is 0.131 e. The highest BCUT2D eigenvalue weighted by atomic mass is 19.1. The van der Waals surface area contributed by atoms with Crippen LogP contribution in [0.5, 0.6) is 5.75 Å². The summed E-state index contributed by atoms with van der Waals surface area (Å²) < 4.78 is 18.8. The first kappa shape index (κ1) is 13.1. The zero-order chi connectivity index (χ0) is 13.0. The zero-order valence-electron chi connectivity index (χ0n) is 10.8. The quantitative estimate of drug-likeness (QED) is 0.825. The summed E-state index contributed by atoms with van der Waals surface area (Å²) >= 11 is 0. The van der Waals surface area contributed by atoms with Gasteiger partial charge in [0.25, 0.3) is 0 Å². The minimum Gasteiger partial charge on any atom is -0.497 e. The normalized spacial score (nSPS) is 17.2. The lowest BCUT2D eigenvalue weighted by Gasteiger charge is -2.18. The largest absolute Gasteiger partial charge is 0.497 e. The number of halogens is 1. The van der Waals surface area contributed by atoms with E-state index in [1.54, 1.807) is 12.1 Å². The molecule has 1 atom stereocenters. The van der Waals surface area contributed by atoms with Crippen molar-refractivity contribution in [2.45, 2.75) is 38.1 Å². The van der Waals surface area contributed by atoms with Crippen molar-refractivity contribution in [2.75, 3.05) is 7.11 Å². The predicted octanol–water partition coefficient (Wildman–Crippen LogP) is 3.72. The summed E-state index contributed by atoms with van der Waals surface area (Å²) in [6.07, 6.45) is 7.73. The van der Waals surface area contributed by atoms with Gasteiger partial charge in [-0.2, -0.15) is 0 Å². The van der Waals surface area contributed by atoms with Gasteiger partial charge in [-0.05, 0) is 38.2 Å². The van der Waals surface area contributed by atoms with Crippen LogP contribution in [0.2, 0.25) is 0 Å². The lowest BCUT2D eigenvalue weighted by molar-refractivity contribution is 0.410. The Hall–Kier alpha value is -1.35. The lowest BCUT2D eigenvalue weighted by atomic mass is 9.92. The maximum Gasteiger partial charge on any atom is 0.131 e. The molecule has 2 N–H and O–H groups in total. The van der Waals surface area contributed by atoms with E-state index in [1.165, 1.54) is 31.6 Å². The maximum atomic E-state index is 13.9. The van der Waals surface area contributed by atoms with Crippen LogP contribution in [-0.4, -0.2) is 7.11 Å². The molecule has 0 heterocycles. The molecule has 0 bridgehead atoms. The van der Waals surface area contributed by atoms with E-state index in [0.29, 0.717) is 11.3 Å². The van der Waals surface area contributed by atoms with E-state index in [2.05, 4.69) is 6.08 Å². The number of rotatable bonds is 4. The second-order valence-electron chi connectivity index (χ2n) is 4.81. The Morgan fingerprint density at radius 3 is 2.83 bits per heavy atom. The summed E-state index contributed by atoms with van der Waals surface area (Å²) in [5.74, 6) is 0.249. The van der Waals surface area contributed by atoms with Crippen LogP contribution in [0.3, 0.4) is 0 Å². The molecule has 0 aliphatic heterocycles. The molecule has 1 unspecified atom stereocenters. The van der Waals surface area contributed by atoms with Gasteiger partial charge in [0.2, 0.25) is 0 Å². The van der Waals surface area contributed by atoms with Crippen molar-refractivity contribution in [2.24, 2.45) is 5.73 Å². The third-order valence-electron chi connectivity index (χ3n) is 3.47. The number of ether oxygens (including phenoxy) is 1. The number of hydrogen-bond acceptors (Lipinski definition) is 2. The van der Waals surface area contributed by atoms with Gasteiger partial charge in [-0.1, -0.05) is 17.7 Å². The highest BCUT2D eigenvalue weighted by Gasteiger charge is 2.15. The number of nitrogens with two attached hydrogens (primary N) is 1. The molecule has 0 aromatic heterocycles. The third kappa shape index (κ3) is 3.10. The molecule has 1 aromatic rings. The molecule has 1 aliphatic carbocycles. The van der Waals surface area contributed by atoms with Gasteiger partial charge in [0.15, 0.2) is 0 Å². The van der Waals surface area contributed by atoms with Crippen molar-refractivity contribution in [3.8, 4) is 5.75 Å². The van der Waals surface area contributed by atoms with Gasteiger partial charge in [0.05, 0.1) is 7.11 Å². The van der Waals surface area contributed by atoms with Crippen LogP contribution in [0, 0.1) is 5.82 Å². The van der Waals surface area contributed by atoms with Gasteiger partial charge in [-0.15, -0.1) is 0 Å². The predicted molar refractivity (Wildman–Crippen MR) is 71.0 cm³/mol. The average molecular weight is 249 g/mol. The fourth-order valence-corrected chi connectivity index (χ4v) is 2.42. The topological polar surface area (TPSA) is 35.2 Å². The SMILES string of the molecule is COc1ccc(C(N)CC2=CCCCC2)c(F)c1. The first-order chi connectivity index (χ1) is 8.70. The Bertz CT molecular complexity index is 442. The van der Waals surface area contributed by atoms with E-state index >= 15 is 0 Å². The summed E-state index contributed by atoms with van der Waals surface area (Å²) in [4.78, 5) is 0. The van der Waals surface area contributed by atoms with Crippen LogP contribution in [0.4, 0.5) is 4.39 Å². The van der Waals surface area contributed by atoms with Crippen molar-refractivity contribution in [3.05, 3.63) is 41.2 Å². The van der Waals surface area contributed by atoms with E-state index in [1.807, 2.05) is 0 Å². The van der Waals surface area contributed by atoms with Crippen LogP contribution in [0.1, 0.15) is 43.7 Å². The van der Waals surface area contributed by atoms with Crippen LogP contribution in [0.25, 0.3) is 0 Å². The molecule has 0 saturated carbocycles. The van der Waals surface area contributed by atoms with E-state index in [-0.39, 0.29) is 11.9 Å². The molecule has 0 fully saturated rings. The molecular formula is C15H20FNO. The maximum absolute atomic E-state index is 13.9. The molecule has 0 spiro atoms. The van der Waals surface area contributed by atoms with Crippen molar-refractivity contribution < 1.29 is 9.13 Å². The van der Waals surface area contributed by atoms with Gasteiger partial charge < -0.3 is 10.5 Å². The second kappa shape index (κ2) is 6.01. The summed E-state index contributed by atoms with van der Waals surface area (Å²) in [5.41, 5.74) is 8.03. The highest BCUT2D eigenvalue weighted by Crippen LogP contribution is 2.28. The molecular weight excluding hydrogens is 229 g/mol. The molecule has 18 heavy (non-hydrogen) atoms. The van der Waals surface area contributed by atoms with Crippen LogP contribution in [-0.2, 0) is 0 Å². The number of hydrogen-bond donors (Lipinski definition) is 1. The molecule has 0 radical (unpaired) electrons.